The van der Waals surface area contributed by atoms with Gasteiger partial charge in [-0.1, -0.05) is 0 Å². The highest BCUT2D eigenvalue weighted by atomic mass is 32.2. The molecule has 2 aromatic carbocycles. The lowest BCUT2D eigenvalue weighted by Gasteiger charge is -2.22. The van der Waals surface area contributed by atoms with Gasteiger partial charge in [0.15, 0.2) is 0 Å². The summed E-state index contributed by atoms with van der Waals surface area (Å²) in [5.41, 5.74) is 1.69. The van der Waals surface area contributed by atoms with Gasteiger partial charge in [0.2, 0.25) is 0 Å². The predicted octanol–water partition coefficient (Wildman–Crippen LogP) is 2.74. The first kappa shape index (κ1) is 21.1. The third-order valence-corrected chi connectivity index (χ3v) is 6.82. The lowest BCUT2D eigenvalue weighted by atomic mass is 10.1. The van der Waals surface area contributed by atoms with E-state index in [2.05, 4.69) is 5.32 Å². The molecule has 0 unspecified atom stereocenters. The zero-order valence-electron chi connectivity index (χ0n) is 16.8. The summed E-state index contributed by atoms with van der Waals surface area (Å²) in [6.07, 6.45) is 2.04. The number of sulfonamides is 1. The van der Waals surface area contributed by atoms with Gasteiger partial charge in [0.1, 0.15) is 5.75 Å². The fraction of sp³-hybridized carbons (Fsp3) is 0.381. The highest BCUT2D eigenvalue weighted by Gasteiger charge is 2.23. The van der Waals surface area contributed by atoms with Crippen LogP contribution in [0.2, 0.25) is 0 Å². The van der Waals surface area contributed by atoms with Gasteiger partial charge >= 0.3 is 0 Å². The van der Waals surface area contributed by atoms with E-state index < -0.39 is 10.0 Å². The normalized spacial score (nSPS) is 16.4. The van der Waals surface area contributed by atoms with E-state index in [4.69, 9.17) is 9.47 Å². The van der Waals surface area contributed by atoms with Crippen LogP contribution in [0.1, 0.15) is 28.8 Å². The van der Waals surface area contributed by atoms with Gasteiger partial charge in [-0.05, 0) is 67.8 Å². The van der Waals surface area contributed by atoms with Crippen molar-refractivity contribution < 1.29 is 22.7 Å². The van der Waals surface area contributed by atoms with Crippen molar-refractivity contribution in [2.75, 3.05) is 31.6 Å². The molecule has 1 saturated heterocycles. The standard InChI is InChI=1S/C21H26N2O5S/c1-15-13-16(21(24)22-14-18-5-4-12-28-18)6-11-20(15)23(2)29(25,26)19-9-7-17(27-3)8-10-19/h6-11,13,18H,4-5,12,14H2,1-3H3,(H,22,24)/t18-/m0/s1. The summed E-state index contributed by atoms with van der Waals surface area (Å²) < 4.78 is 37.7. The summed E-state index contributed by atoms with van der Waals surface area (Å²) in [5.74, 6) is 0.386. The monoisotopic (exact) mass is 418 g/mol. The molecule has 8 heteroatoms. The Hall–Kier alpha value is -2.58. The molecule has 1 atom stereocenters. The number of anilines is 1. The van der Waals surface area contributed by atoms with E-state index in [9.17, 15) is 13.2 Å². The Kier molecular flexibility index (Phi) is 6.44. The van der Waals surface area contributed by atoms with Crippen molar-refractivity contribution in [1.29, 1.82) is 0 Å². The van der Waals surface area contributed by atoms with Gasteiger partial charge < -0.3 is 14.8 Å². The van der Waals surface area contributed by atoms with Gasteiger partial charge in [-0.3, -0.25) is 9.10 Å². The number of methoxy groups -OCH3 is 1. The van der Waals surface area contributed by atoms with Crippen molar-refractivity contribution in [3.8, 4) is 5.75 Å². The maximum absolute atomic E-state index is 12.9. The average molecular weight is 419 g/mol. The number of amides is 1. The Bertz CT molecular complexity index is 967. The molecule has 0 saturated carbocycles. The Balaban J connectivity index is 1.75. The lowest BCUT2D eigenvalue weighted by molar-refractivity contribution is 0.0857. The van der Waals surface area contributed by atoms with E-state index in [1.54, 1.807) is 37.3 Å². The van der Waals surface area contributed by atoms with Crippen molar-refractivity contribution in [2.24, 2.45) is 0 Å². The highest BCUT2D eigenvalue weighted by molar-refractivity contribution is 7.92. The van der Waals surface area contributed by atoms with Crippen molar-refractivity contribution in [3.63, 3.8) is 0 Å². The summed E-state index contributed by atoms with van der Waals surface area (Å²) in [4.78, 5) is 12.6. The van der Waals surface area contributed by atoms with E-state index in [1.165, 1.54) is 30.6 Å². The van der Waals surface area contributed by atoms with Gasteiger partial charge in [0.05, 0.1) is 23.8 Å². The van der Waals surface area contributed by atoms with Gasteiger partial charge in [-0.15, -0.1) is 0 Å². The van der Waals surface area contributed by atoms with Gasteiger partial charge in [0.25, 0.3) is 15.9 Å². The zero-order chi connectivity index (χ0) is 21.0. The van der Waals surface area contributed by atoms with E-state index in [1.807, 2.05) is 0 Å². The summed E-state index contributed by atoms with van der Waals surface area (Å²) >= 11 is 0. The van der Waals surface area contributed by atoms with E-state index >= 15 is 0 Å². The van der Waals surface area contributed by atoms with E-state index in [0.717, 1.165) is 19.4 Å². The third kappa shape index (κ3) is 4.71. The molecule has 0 spiro atoms. The summed E-state index contributed by atoms with van der Waals surface area (Å²) in [6.45, 7) is 3.00. The van der Waals surface area contributed by atoms with Crippen LogP contribution in [0.3, 0.4) is 0 Å². The van der Waals surface area contributed by atoms with Crippen LogP contribution in [0, 0.1) is 6.92 Å². The first-order valence-electron chi connectivity index (χ1n) is 9.46. The molecule has 0 bridgehead atoms. The van der Waals surface area contributed by atoms with Crippen LogP contribution in [0.25, 0.3) is 0 Å². The quantitative estimate of drug-likeness (QED) is 0.747. The third-order valence-electron chi connectivity index (χ3n) is 5.03. The van der Waals surface area contributed by atoms with Crippen LogP contribution in [0.5, 0.6) is 5.75 Å². The fourth-order valence-corrected chi connectivity index (χ4v) is 4.56. The molecule has 156 valence electrons. The smallest absolute Gasteiger partial charge is 0.264 e. The van der Waals surface area contributed by atoms with Gasteiger partial charge in [0, 0.05) is 25.8 Å². The van der Waals surface area contributed by atoms with E-state index in [0.29, 0.717) is 29.1 Å². The van der Waals surface area contributed by atoms with Gasteiger partial charge in [-0.25, -0.2) is 8.42 Å². The van der Waals surface area contributed by atoms with Crippen molar-refractivity contribution in [3.05, 3.63) is 53.6 Å². The van der Waals surface area contributed by atoms with Crippen LogP contribution in [-0.2, 0) is 14.8 Å². The number of carbonyl (C=O) groups excluding carboxylic acids is 1. The summed E-state index contributed by atoms with van der Waals surface area (Å²) in [5, 5.41) is 2.88. The van der Waals surface area contributed by atoms with E-state index in [-0.39, 0.29) is 16.9 Å². The lowest BCUT2D eigenvalue weighted by Crippen LogP contribution is -2.32. The molecule has 1 amide bonds. The Morgan fingerprint density at radius 3 is 2.55 bits per heavy atom. The molecule has 1 N–H and O–H groups in total. The van der Waals surface area contributed by atoms with Crippen LogP contribution in [0.4, 0.5) is 5.69 Å². The van der Waals surface area contributed by atoms with Crippen LogP contribution >= 0.6 is 0 Å². The molecule has 1 aliphatic heterocycles. The summed E-state index contributed by atoms with van der Waals surface area (Å²) in [7, 11) is -0.709. The molecule has 1 fully saturated rings. The number of rotatable bonds is 7. The Morgan fingerprint density at radius 1 is 1.24 bits per heavy atom. The van der Waals surface area contributed by atoms with Crippen molar-refractivity contribution >= 4 is 21.6 Å². The number of nitrogens with one attached hydrogen (secondary N) is 1. The fourth-order valence-electron chi connectivity index (χ4n) is 3.30. The highest BCUT2D eigenvalue weighted by Crippen LogP contribution is 2.27. The minimum Gasteiger partial charge on any atom is -0.497 e. The number of nitrogens with zero attached hydrogens (tertiary/aromatic N) is 1. The second kappa shape index (κ2) is 8.84. The number of carbonyl (C=O) groups is 1. The van der Waals surface area contributed by atoms with Crippen LogP contribution in [0.15, 0.2) is 47.4 Å². The van der Waals surface area contributed by atoms with Crippen LogP contribution < -0.4 is 14.4 Å². The zero-order valence-corrected chi connectivity index (χ0v) is 17.7. The Labute approximate surface area is 171 Å². The molecule has 0 aromatic heterocycles. The second-order valence-electron chi connectivity index (χ2n) is 6.99. The maximum atomic E-state index is 12.9. The molecule has 2 aromatic rings. The predicted molar refractivity (Wildman–Crippen MR) is 111 cm³/mol. The Morgan fingerprint density at radius 2 is 1.97 bits per heavy atom. The minimum atomic E-state index is -3.73. The number of aryl methyl sites for hydroxylation is 1. The molecular formula is C21H26N2O5S. The number of hydrogen-bond acceptors (Lipinski definition) is 5. The minimum absolute atomic E-state index is 0.0695. The molecule has 1 aliphatic rings. The first-order chi connectivity index (χ1) is 13.8. The molecule has 0 radical (unpaired) electrons. The molecular weight excluding hydrogens is 392 g/mol. The van der Waals surface area contributed by atoms with Gasteiger partial charge in [-0.2, -0.15) is 0 Å². The molecule has 0 aliphatic carbocycles. The van der Waals surface area contributed by atoms with Crippen LogP contribution in [-0.4, -0.2) is 47.7 Å². The molecule has 3 rings (SSSR count). The summed E-state index contributed by atoms with van der Waals surface area (Å²) in [6, 6.07) is 11.2. The molecule has 7 nitrogen and oxygen atoms in total. The second-order valence-corrected chi connectivity index (χ2v) is 8.96. The topological polar surface area (TPSA) is 84.9 Å². The molecule has 29 heavy (non-hydrogen) atoms. The maximum Gasteiger partial charge on any atom is 0.264 e. The average Bonchev–Trinajstić information content (AvgIpc) is 3.25. The number of benzene rings is 2. The number of ether oxygens (including phenoxy) is 2. The molecule has 1 heterocycles. The first-order valence-corrected chi connectivity index (χ1v) is 10.9. The SMILES string of the molecule is COc1ccc(S(=O)(=O)N(C)c2ccc(C(=O)NC[C@@H]3CCCO3)cc2C)cc1. The number of hydrogen-bond donors (Lipinski definition) is 1. The largest absolute Gasteiger partial charge is 0.497 e. The van der Waals surface area contributed by atoms with Crippen molar-refractivity contribution in [1.82, 2.24) is 5.32 Å². The van der Waals surface area contributed by atoms with Crippen molar-refractivity contribution in [2.45, 2.75) is 30.8 Å².